The third kappa shape index (κ3) is 3.42. The lowest BCUT2D eigenvalue weighted by Gasteiger charge is -2.10. The Kier molecular flexibility index (Phi) is 4.49. The molecule has 2 aromatic heterocycles. The third-order valence-corrected chi connectivity index (χ3v) is 4.42. The normalized spacial score (nSPS) is 10.9. The summed E-state index contributed by atoms with van der Waals surface area (Å²) in [6.07, 6.45) is 1.40. The second kappa shape index (κ2) is 7.11. The number of nitrogens with zero attached hydrogens (tertiary/aromatic N) is 4. The van der Waals surface area contributed by atoms with E-state index in [0.717, 1.165) is 16.9 Å². The first-order valence-electron chi connectivity index (χ1n) is 8.89. The van der Waals surface area contributed by atoms with E-state index >= 15 is 0 Å². The number of carbonyl (C=O) groups is 1. The Morgan fingerprint density at radius 2 is 1.82 bits per heavy atom. The number of fused-ring (bicyclic) bond motifs is 1. The van der Waals surface area contributed by atoms with Gasteiger partial charge in [-0.25, -0.2) is 9.67 Å². The van der Waals surface area contributed by atoms with Gasteiger partial charge in [0.1, 0.15) is 12.4 Å². The minimum Gasteiger partial charge on any atom is -0.309 e. The van der Waals surface area contributed by atoms with Crippen molar-refractivity contribution in [3.63, 3.8) is 0 Å². The first-order valence-corrected chi connectivity index (χ1v) is 8.89. The van der Waals surface area contributed by atoms with Crippen molar-refractivity contribution in [3.05, 3.63) is 82.5 Å². The Bertz CT molecular complexity index is 1220. The molecule has 0 unspecified atom stereocenters. The zero-order valence-electron chi connectivity index (χ0n) is 15.6. The summed E-state index contributed by atoms with van der Waals surface area (Å²) in [5.41, 5.74) is 3.13. The highest BCUT2D eigenvalue weighted by Gasteiger charge is 2.13. The quantitative estimate of drug-likeness (QED) is 0.596. The van der Waals surface area contributed by atoms with E-state index in [2.05, 4.69) is 15.4 Å². The number of para-hydroxylation sites is 1. The number of aryl methyl sites for hydroxylation is 2. The molecule has 2 heterocycles. The van der Waals surface area contributed by atoms with Gasteiger partial charge in [0.25, 0.3) is 5.56 Å². The third-order valence-electron chi connectivity index (χ3n) is 4.42. The van der Waals surface area contributed by atoms with E-state index in [4.69, 9.17) is 0 Å². The summed E-state index contributed by atoms with van der Waals surface area (Å²) in [5, 5.41) is 7.78. The lowest BCUT2D eigenvalue weighted by atomic mass is 10.2. The van der Waals surface area contributed by atoms with Gasteiger partial charge in [0.05, 0.1) is 28.6 Å². The lowest BCUT2D eigenvalue weighted by Crippen LogP contribution is -2.28. The van der Waals surface area contributed by atoms with E-state index in [1.807, 2.05) is 44.2 Å². The number of hydrogen-bond acceptors (Lipinski definition) is 4. The first kappa shape index (κ1) is 17.7. The van der Waals surface area contributed by atoms with Crippen LogP contribution in [0.1, 0.15) is 11.3 Å². The van der Waals surface area contributed by atoms with Gasteiger partial charge in [-0.1, -0.05) is 29.8 Å². The fourth-order valence-corrected chi connectivity index (χ4v) is 3.03. The zero-order chi connectivity index (χ0) is 19.7. The average Bonchev–Trinajstić information content (AvgIpc) is 3.05. The molecule has 0 fully saturated rings. The van der Waals surface area contributed by atoms with Crippen LogP contribution in [-0.2, 0) is 11.3 Å². The lowest BCUT2D eigenvalue weighted by molar-refractivity contribution is -0.116. The summed E-state index contributed by atoms with van der Waals surface area (Å²) >= 11 is 0. The summed E-state index contributed by atoms with van der Waals surface area (Å²) in [4.78, 5) is 29.4. The summed E-state index contributed by atoms with van der Waals surface area (Å²) in [6, 6.07) is 16.7. The fraction of sp³-hybridized carbons (Fsp3) is 0.143. The summed E-state index contributed by atoms with van der Waals surface area (Å²) in [7, 11) is 0. The van der Waals surface area contributed by atoms with Crippen LogP contribution in [0.15, 0.2) is 65.7 Å². The topological polar surface area (TPSA) is 81.8 Å². The molecule has 2 aromatic carbocycles. The molecule has 0 spiro atoms. The van der Waals surface area contributed by atoms with Gasteiger partial charge in [0.15, 0.2) is 0 Å². The standard InChI is InChI=1S/C21H19N5O2/c1-14-7-9-16(10-8-14)26-19(11-15(2)24-26)23-20(27)12-25-13-22-18-6-4-3-5-17(18)21(25)28/h3-11,13H,12H2,1-2H3,(H,23,27). The van der Waals surface area contributed by atoms with Gasteiger partial charge in [-0.3, -0.25) is 14.2 Å². The van der Waals surface area contributed by atoms with Crippen LogP contribution >= 0.6 is 0 Å². The van der Waals surface area contributed by atoms with Crippen molar-refractivity contribution in [2.24, 2.45) is 0 Å². The van der Waals surface area contributed by atoms with Crippen molar-refractivity contribution >= 4 is 22.6 Å². The maximum Gasteiger partial charge on any atom is 0.261 e. The highest BCUT2D eigenvalue weighted by molar-refractivity contribution is 5.90. The predicted molar refractivity (Wildman–Crippen MR) is 108 cm³/mol. The SMILES string of the molecule is Cc1ccc(-n2nc(C)cc2NC(=O)Cn2cnc3ccccc3c2=O)cc1. The molecule has 0 aliphatic carbocycles. The highest BCUT2D eigenvalue weighted by atomic mass is 16.2. The molecule has 0 atom stereocenters. The van der Waals surface area contributed by atoms with Crippen LogP contribution in [-0.4, -0.2) is 25.2 Å². The van der Waals surface area contributed by atoms with E-state index in [1.54, 1.807) is 28.9 Å². The number of benzene rings is 2. The molecular weight excluding hydrogens is 354 g/mol. The van der Waals surface area contributed by atoms with Crippen molar-refractivity contribution < 1.29 is 4.79 Å². The number of amides is 1. The Hall–Kier alpha value is -3.74. The molecule has 0 aliphatic heterocycles. The zero-order valence-corrected chi connectivity index (χ0v) is 15.6. The van der Waals surface area contributed by atoms with Crippen molar-refractivity contribution in [3.8, 4) is 5.69 Å². The molecule has 4 aromatic rings. The van der Waals surface area contributed by atoms with Gasteiger partial charge in [-0.05, 0) is 38.1 Å². The van der Waals surface area contributed by atoms with Crippen LogP contribution in [0.4, 0.5) is 5.82 Å². The van der Waals surface area contributed by atoms with Gasteiger partial charge >= 0.3 is 0 Å². The molecule has 0 saturated carbocycles. The summed E-state index contributed by atoms with van der Waals surface area (Å²) < 4.78 is 2.98. The molecule has 0 bridgehead atoms. The van der Waals surface area contributed by atoms with E-state index in [1.165, 1.54) is 10.9 Å². The molecule has 4 rings (SSSR count). The minimum atomic E-state index is -0.326. The van der Waals surface area contributed by atoms with E-state index < -0.39 is 0 Å². The molecule has 140 valence electrons. The van der Waals surface area contributed by atoms with E-state index in [0.29, 0.717) is 16.7 Å². The second-order valence-corrected chi connectivity index (χ2v) is 6.66. The Morgan fingerprint density at radius 1 is 1.07 bits per heavy atom. The van der Waals surface area contributed by atoms with Crippen LogP contribution in [0.3, 0.4) is 0 Å². The van der Waals surface area contributed by atoms with Crippen molar-refractivity contribution in [1.82, 2.24) is 19.3 Å². The Balaban J connectivity index is 1.59. The minimum absolute atomic E-state index is 0.130. The van der Waals surface area contributed by atoms with Crippen LogP contribution in [0.5, 0.6) is 0 Å². The van der Waals surface area contributed by atoms with Crippen molar-refractivity contribution in [2.45, 2.75) is 20.4 Å². The fourth-order valence-electron chi connectivity index (χ4n) is 3.03. The second-order valence-electron chi connectivity index (χ2n) is 6.66. The summed E-state index contributed by atoms with van der Waals surface area (Å²) in [6.45, 7) is 3.74. The molecule has 0 saturated heterocycles. The van der Waals surface area contributed by atoms with Crippen LogP contribution in [0.2, 0.25) is 0 Å². The van der Waals surface area contributed by atoms with Gasteiger partial charge in [-0.15, -0.1) is 0 Å². The largest absolute Gasteiger partial charge is 0.309 e. The van der Waals surface area contributed by atoms with Gasteiger partial charge in [-0.2, -0.15) is 5.10 Å². The predicted octanol–water partition coefficient (Wildman–Crippen LogP) is 2.84. The number of anilines is 1. The number of aromatic nitrogens is 4. The molecule has 0 radical (unpaired) electrons. The first-order chi connectivity index (χ1) is 13.5. The number of rotatable bonds is 4. The molecule has 7 heteroatoms. The van der Waals surface area contributed by atoms with Crippen molar-refractivity contribution in [2.75, 3.05) is 5.32 Å². The monoisotopic (exact) mass is 373 g/mol. The van der Waals surface area contributed by atoms with Gasteiger partial charge in [0, 0.05) is 6.07 Å². The molecular formula is C21H19N5O2. The maximum absolute atomic E-state index is 12.6. The molecule has 1 N–H and O–H groups in total. The Morgan fingerprint density at radius 3 is 2.61 bits per heavy atom. The van der Waals surface area contributed by atoms with Crippen LogP contribution in [0, 0.1) is 13.8 Å². The van der Waals surface area contributed by atoms with Crippen LogP contribution in [0.25, 0.3) is 16.6 Å². The molecule has 0 aliphatic rings. The average molecular weight is 373 g/mol. The molecule has 28 heavy (non-hydrogen) atoms. The smallest absolute Gasteiger partial charge is 0.261 e. The number of hydrogen-bond donors (Lipinski definition) is 1. The number of nitrogens with one attached hydrogen (secondary N) is 1. The van der Waals surface area contributed by atoms with Gasteiger partial charge in [0.2, 0.25) is 5.91 Å². The summed E-state index contributed by atoms with van der Waals surface area (Å²) in [5.74, 6) is 0.223. The Labute approximate surface area is 161 Å². The molecule has 7 nitrogen and oxygen atoms in total. The number of carbonyl (C=O) groups excluding carboxylic acids is 1. The molecule has 1 amide bonds. The van der Waals surface area contributed by atoms with E-state index in [-0.39, 0.29) is 18.0 Å². The maximum atomic E-state index is 12.6. The van der Waals surface area contributed by atoms with Crippen LogP contribution < -0.4 is 10.9 Å². The van der Waals surface area contributed by atoms with Gasteiger partial charge < -0.3 is 5.32 Å². The highest BCUT2D eigenvalue weighted by Crippen LogP contribution is 2.17. The van der Waals surface area contributed by atoms with Crippen molar-refractivity contribution in [1.29, 1.82) is 0 Å². The van der Waals surface area contributed by atoms with E-state index in [9.17, 15) is 9.59 Å².